The zero-order chi connectivity index (χ0) is 12.8. The van der Waals surface area contributed by atoms with Crippen molar-refractivity contribution in [3.8, 4) is 0 Å². The highest BCUT2D eigenvalue weighted by molar-refractivity contribution is 5.94. The molecule has 17 heavy (non-hydrogen) atoms. The minimum Gasteiger partial charge on any atom is -0.387 e. The molecule has 0 saturated heterocycles. The molecule has 0 saturated carbocycles. The highest BCUT2D eigenvalue weighted by Crippen LogP contribution is 2.19. The molecule has 1 amide bonds. The van der Waals surface area contributed by atoms with Crippen molar-refractivity contribution >= 4 is 11.6 Å². The smallest absolute Gasteiger partial charge is 0.252 e. The summed E-state index contributed by atoms with van der Waals surface area (Å²) in [4.78, 5) is 13.3. The number of anilines is 1. The van der Waals surface area contributed by atoms with Crippen molar-refractivity contribution in [2.75, 3.05) is 11.5 Å². The fourth-order valence-corrected chi connectivity index (χ4v) is 1.70. The number of nitrogens with zero attached hydrogens (tertiary/aromatic N) is 1. The Labute approximate surface area is 102 Å². The number of amides is 1. The Kier molecular flexibility index (Phi) is 5.12. The van der Waals surface area contributed by atoms with Crippen LogP contribution < -0.4 is 10.6 Å². The summed E-state index contributed by atoms with van der Waals surface area (Å²) in [6, 6.07) is 7.59. The molecule has 0 fully saturated rings. The van der Waals surface area contributed by atoms with Crippen molar-refractivity contribution in [3.05, 3.63) is 29.8 Å². The van der Waals surface area contributed by atoms with Crippen molar-refractivity contribution in [3.63, 3.8) is 0 Å². The van der Waals surface area contributed by atoms with Crippen LogP contribution in [0.4, 0.5) is 5.69 Å². The molecule has 1 aromatic rings. The Hall–Kier alpha value is -1.39. The van der Waals surface area contributed by atoms with Crippen molar-refractivity contribution in [2.45, 2.75) is 32.9 Å². The van der Waals surface area contributed by atoms with E-state index < -0.39 is 6.61 Å². The number of carbonyl (C=O) groups excluding carboxylic acids is 1. The van der Waals surface area contributed by atoms with Gasteiger partial charge < -0.3 is 15.7 Å². The highest BCUT2D eigenvalue weighted by atomic mass is 16.3. The molecule has 0 radical (unpaired) electrons. The number of nitrogens with two attached hydrogens (primary N) is 1. The zero-order valence-electron chi connectivity index (χ0n) is 10.4. The van der Waals surface area contributed by atoms with Gasteiger partial charge in [-0.3, -0.25) is 4.79 Å². The van der Waals surface area contributed by atoms with Gasteiger partial charge in [0.15, 0.2) is 0 Å². The first-order valence-electron chi connectivity index (χ1n) is 5.86. The topological polar surface area (TPSA) is 66.6 Å². The van der Waals surface area contributed by atoms with Gasteiger partial charge in [0.2, 0.25) is 0 Å². The number of aliphatic hydroxyl groups is 1. The molecule has 4 nitrogen and oxygen atoms in total. The van der Waals surface area contributed by atoms with Crippen molar-refractivity contribution in [1.82, 2.24) is 0 Å². The predicted molar refractivity (Wildman–Crippen MR) is 68.7 cm³/mol. The molecule has 0 heterocycles. The van der Waals surface area contributed by atoms with E-state index in [-0.39, 0.29) is 11.9 Å². The third kappa shape index (κ3) is 3.28. The van der Waals surface area contributed by atoms with E-state index in [0.717, 1.165) is 17.7 Å². The summed E-state index contributed by atoms with van der Waals surface area (Å²) in [7, 11) is 0. The minimum absolute atomic E-state index is 0.0679. The van der Waals surface area contributed by atoms with Crippen LogP contribution in [0.15, 0.2) is 24.3 Å². The molecule has 94 valence electrons. The van der Waals surface area contributed by atoms with E-state index in [4.69, 9.17) is 10.8 Å². The van der Waals surface area contributed by atoms with Gasteiger partial charge >= 0.3 is 0 Å². The molecule has 1 atom stereocenters. The summed E-state index contributed by atoms with van der Waals surface area (Å²) in [5.74, 6) is -0.278. The Morgan fingerprint density at radius 2 is 2.00 bits per heavy atom. The lowest BCUT2D eigenvalue weighted by Crippen LogP contribution is -2.40. The average Bonchev–Trinajstić information content (AvgIpc) is 2.39. The van der Waals surface area contributed by atoms with E-state index in [9.17, 15) is 4.79 Å². The van der Waals surface area contributed by atoms with Crippen LogP contribution in [-0.4, -0.2) is 23.7 Å². The summed E-state index contributed by atoms with van der Waals surface area (Å²) in [5.41, 5.74) is 7.35. The van der Waals surface area contributed by atoms with Gasteiger partial charge in [-0.2, -0.15) is 0 Å². The number of hydrogen-bond donors (Lipinski definition) is 2. The Bertz CT molecular complexity index is 362. The molecule has 1 rings (SSSR count). The zero-order valence-corrected chi connectivity index (χ0v) is 10.4. The predicted octanol–water partition coefficient (Wildman–Crippen LogP) is 1.27. The van der Waals surface area contributed by atoms with Crippen molar-refractivity contribution in [2.24, 2.45) is 5.73 Å². The molecular formula is C13H20N2O2. The first-order chi connectivity index (χ1) is 8.13. The maximum absolute atomic E-state index is 11.7. The molecule has 0 spiro atoms. The van der Waals surface area contributed by atoms with Gasteiger partial charge in [-0.1, -0.05) is 19.1 Å². The van der Waals surface area contributed by atoms with Crippen molar-refractivity contribution in [1.29, 1.82) is 0 Å². The lowest BCUT2D eigenvalue weighted by Gasteiger charge is -2.28. The molecule has 0 aliphatic rings. The Morgan fingerprint density at radius 1 is 1.41 bits per heavy atom. The van der Waals surface area contributed by atoms with Crippen molar-refractivity contribution < 1.29 is 9.90 Å². The van der Waals surface area contributed by atoms with Gasteiger partial charge in [0.05, 0.1) is 0 Å². The summed E-state index contributed by atoms with van der Waals surface area (Å²) in [5, 5.41) is 9.00. The number of aliphatic hydroxyl groups excluding tert-OH is 1. The lowest BCUT2D eigenvalue weighted by atomic mass is 10.1. The van der Waals surface area contributed by atoms with Crippen LogP contribution in [-0.2, 0) is 11.3 Å². The van der Waals surface area contributed by atoms with E-state index in [0.29, 0.717) is 6.54 Å². The second kappa shape index (κ2) is 6.37. The molecule has 0 aromatic heterocycles. The lowest BCUT2D eigenvalue weighted by molar-refractivity contribution is -0.121. The maximum Gasteiger partial charge on any atom is 0.252 e. The van der Waals surface area contributed by atoms with Gasteiger partial charge in [-0.15, -0.1) is 0 Å². The van der Waals surface area contributed by atoms with Gasteiger partial charge in [0.1, 0.15) is 6.61 Å². The van der Waals surface area contributed by atoms with Crippen LogP contribution in [0.25, 0.3) is 0 Å². The summed E-state index contributed by atoms with van der Waals surface area (Å²) < 4.78 is 0. The second-order valence-electron chi connectivity index (χ2n) is 4.05. The van der Waals surface area contributed by atoms with Crippen LogP contribution in [0, 0.1) is 0 Å². The first kappa shape index (κ1) is 13.7. The molecule has 0 bridgehead atoms. The van der Waals surface area contributed by atoms with Gasteiger partial charge in [0.25, 0.3) is 5.91 Å². The Balaban J connectivity index is 2.99. The van der Waals surface area contributed by atoms with Crippen LogP contribution in [0.5, 0.6) is 0 Å². The van der Waals surface area contributed by atoms with Gasteiger partial charge in [0, 0.05) is 18.3 Å². The molecule has 3 N–H and O–H groups in total. The molecule has 0 aliphatic heterocycles. The summed E-state index contributed by atoms with van der Waals surface area (Å²) in [6.07, 6.45) is 0.838. The normalized spacial score (nSPS) is 12.2. The van der Waals surface area contributed by atoms with E-state index in [2.05, 4.69) is 0 Å². The quantitative estimate of drug-likeness (QED) is 0.809. The maximum atomic E-state index is 11.7. The van der Waals surface area contributed by atoms with E-state index in [1.807, 2.05) is 38.1 Å². The van der Waals surface area contributed by atoms with E-state index >= 15 is 0 Å². The third-order valence-electron chi connectivity index (χ3n) is 2.89. The average molecular weight is 236 g/mol. The van der Waals surface area contributed by atoms with Crippen LogP contribution in [0.2, 0.25) is 0 Å². The number of benzene rings is 1. The van der Waals surface area contributed by atoms with Gasteiger partial charge in [-0.25, -0.2) is 0 Å². The monoisotopic (exact) mass is 236 g/mol. The molecular weight excluding hydrogens is 216 g/mol. The van der Waals surface area contributed by atoms with E-state index in [1.54, 1.807) is 4.90 Å². The molecule has 4 heteroatoms. The van der Waals surface area contributed by atoms with E-state index in [1.165, 1.54) is 0 Å². The first-order valence-corrected chi connectivity index (χ1v) is 5.86. The fraction of sp³-hybridized carbons (Fsp3) is 0.462. The van der Waals surface area contributed by atoms with Crippen LogP contribution in [0.1, 0.15) is 25.8 Å². The third-order valence-corrected chi connectivity index (χ3v) is 2.89. The molecule has 1 unspecified atom stereocenters. The highest BCUT2D eigenvalue weighted by Gasteiger charge is 2.19. The minimum atomic E-state index is -0.469. The SMILES string of the molecule is CCC(C)N(C(=O)CO)c1ccc(CN)cc1. The number of rotatable bonds is 5. The summed E-state index contributed by atoms with van der Waals surface area (Å²) in [6.45, 7) is 3.99. The fourth-order valence-electron chi connectivity index (χ4n) is 1.70. The number of carbonyl (C=O) groups is 1. The largest absolute Gasteiger partial charge is 0.387 e. The standard InChI is InChI=1S/C13H20N2O2/c1-3-10(2)15(13(17)9-16)12-6-4-11(8-14)5-7-12/h4-7,10,16H,3,8-9,14H2,1-2H3. The van der Waals surface area contributed by atoms with Gasteiger partial charge in [-0.05, 0) is 31.0 Å². The second-order valence-corrected chi connectivity index (χ2v) is 4.05. The molecule has 1 aromatic carbocycles. The van der Waals surface area contributed by atoms with Crippen LogP contribution >= 0.6 is 0 Å². The van der Waals surface area contributed by atoms with Crippen LogP contribution in [0.3, 0.4) is 0 Å². The Morgan fingerprint density at radius 3 is 2.41 bits per heavy atom. The molecule has 0 aliphatic carbocycles. The number of hydrogen-bond acceptors (Lipinski definition) is 3. The summed E-state index contributed by atoms with van der Waals surface area (Å²) >= 11 is 0.